The Morgan fingerprint density at radius 1 is 1.00 bits per heavy atom. The third kappa shape index (κ3) is 3.54. The maximum absolute atomic E-state index is 13.3. The van der Waals surface area contributed by atoms with Gasteiger partial charge in [-0.25, -0.2) is 4.39 Å². The third-order valence-corrected chi connectivity index (χ3v) is 5.50. The predicted molar refractivity (Wildman–Crippen MR) is 116 cm³/mol. The number of hydrogen-bond acceptors (Lipinski definition) is 3. The Labute approximate surface area is 173 Å². The quantitative estimate of drug-likeness (QED) is 0.508. The first-order valence-corrected chi connectivity index (χ1v) is 10.0. The van der Waals surface area contributed by atoms with Crippen molar-refractivity contribution in [2.45, 2.75) is 25.8 Å². The van der Waals surface area contributed by atoms with Crippen LogP contribution in [0, 0.1) is 12.7 Å². The van der Waals surface area contributed by atoms with Crippen molar-refractivity contribution in [1.29, 1.82) is 0 Å². The molecule has 4 aromatic rings. The van der Waals surface area contributed by atoms with E-state index in [1.807, 2.05) is 37.3 Å². The number of fused-ring (bicyclic) bond motifs is 1. The van der Waals surface area contributed by atoms with Gasteiger partial charge >= 0.3 is 0 Å². The van der Waals surface area contributed by atoms with Gasteiger partial charge in [0.25, 0.3) is 5.91 Å². The monoisotopic (exact) mass is 397 g/mol. The fourth-order valence-corrected chi connectivity index (χ4v) is 3.65. The highest BCUT2D eigenvalue weighted by Crippen LogP contribution is 2.31. The molecule has 4 nitrogen and oxygen atoms in total. The van der Waals surface area contributed by atoms with Crippen LogP contribution >= 0.6 is 0 Å². The van der Waals surface area contributed by atoms with Gasteiger partial charge in [0.05, 0.1) is 6.20 Å². The Morgan fingerprint density at radius 2 is 1.77 bits per heavy atom. The van der Waals surface area contributed by atoms with Crippen molar-refractivity contribution >= 4 is 16.7 Å². The van der Waals surface area contributed by atoms with Crippen LogP contribution in [0.3, 0.4) is 0 Å². The van der Waals surface area contributed by atoms with E-state index in [9.17, 15) is 9.18 Å². The molecule has 1 heterocycles. The number of hydrogen-bond donors (Lipinski definition) is 1. The molecule has 5 heteroatoms. The zero-order valence-corrected chi connectivity index (χ0v) is 16.5. The number of amides is 1. The molecular formula is C25H20FN3O. The number of aromatic nitrogens is 2. The summed E-state index contributed by atoms with van der Waals surface area (Å²) in [4.78, 5) is 12.5. The van der Waals surface area contributed by atoms with Crippen molar-refractivity contribution in [3.05, 3.63) is 83.8 Å². The number of nitrogens with one attached hydrogen (secondary N) is 1. The van der Waals surface area contributed by atoms with Crippen molar-refractivity contribution < 1.29 is 9.18 Å². The summed E-state index contributed by atoms with van der Waals surface area (Å²) in [5, 5.41) is 13.3. The van der Waals surface area contributed by atoms with Gasteiger partial charge in [-0.05, 0) is 78.9 Å². The fourth-order valence-electron chi connectivity index (χ4n) is 3.65. The Kier molecular flexibility index (Phi) is 4.51. The van der Waals surface area contributed by atoms with Gasteiger partial charge in [0.2, 0.25) is 0 Å². The van der Waals surface area contributed by atoms with Crippen LogP contribution in [0.25, 0.3) is 33.2 Å². The third-order valence-electron chi connectivity index (χ3n) is 5.50. The summed E-state index contributed by atoms with van der Waals surface area (Å²) in [7, 11) is 0. The van der Waals surface area contributed by atoms with E-state index in [-0.39, 0.29) is 11.7 Å². The summed E-state index contributed by atoms with van der Waals surface area (Å²) in [6.07, 6.45) is 3.85. The molecule has 0 saturated heterocycles. The van der Waals surface area contributed by atoms with Gasteiger partial charge in [0.1, 0.15) is 11.5 Å². The van der Waals surface area contributed by atoms with E-state index < -0.39 is 0 Å². The van der Waals surface area contributed by atoms with Gasteiger partial charge in [-0.3, -0.25) is 4.79 Å². The summed E-state index contributed by atoms with van der Waals surface area (Å²) in [5.41, 5.74) is 5.32. The van der Waals surface area contributed by atoms with Crippen LogP contribution in [0.4, 0.5) is 4.39 Å². The second kappa shape index (κ2) is 7.34. The lowest BCUT2D eigenvalue weighted by atomic mass is 9.95. The molecule has 0 bridgehead atoms. The summed E-state index contributed by atoms with van der Waals surface area (Å²) in [6.45, 7) is 2.04. The van der Waals surface area contributed by atoms with Gasteiger partial charge in [0.15, 0.2) is 0 Å². The Balaban J connectivity index is 1.55. The molecule has 1 saturated carbocycles. The molecule has 3 aromatic carbocycles. The number of benzene rings is 3. The second-order valence-electron chi connectivity index (χ2n) is 7.78. The van der Waals surface area contributed by atoms with Crippen LogP contribution in [0.1, 0.15) is 28.8 Å². The van der Waals surface area contributed by atoms with Crippen molar-refractivity contribution in [3.63, 3.8) is 0 Å². The Morgan fingerprint density at radius 3 is 2.53 bits per heavy atom. The molecule has 0 spiro atoms. The average molecular weight is 397 g/mol. The molecule has 1 N–H and O–H groups in total. The lowest BCUT2D eigenvalue weighted by Crippen LogP contribution is -2.25. The second-order valence-corrected chi connectivity index (χ2v) is 7.78. The maximum Gasteiger partial charge on any atom is 0.251 e. The standard InChI is InChI=1S/C25H20FN3O/c1-15-2-3-18(25(30)28-21-9-10-21)13-23(15)17-6-11-22-19(12-17)14-27-29-24(22)16-4-7-20(26)8-5-16/h2-8,11-14,21H,9-10H2,1H3,(H,28,30). The van der Waals surface area contributed by atoms with E-state index in [4.69, 9.17) is 0 Å². The number of halogens is 1. The highest BCUT2D eigenvalue weighted by molar-refractivity contribution is 5.98. The first kappa shape index (κ1) is 18.4. The zero-order valence-electron chi connectivity index (χ0n) is 16.5. The molecule has 5 rings (SSSR count). The van der Waals surface area contributed by atoms with E-state index in [1.165, 1.54) is 12.1 Å². The maximum atomic E-state index is 13.3. The Hall–Kier alpha value is -3.60. The lowest BCUT2D eigenvalue weighted by Gasteiger charge is -2.11. The molecule has 148 valence electrons. The van der Waals surface area contributed by atoms with Crippen molar-refractivity contribution in [2.24, 2.45) is 0 Å². The molecule has 1 aliphatic rings. The number of aryl methyl sites for hydroxylation is 1. The van der Waals surface area contributed by atoms with Crippen LogP contribution < -0.4 is 5.32 Å². The topological polar surface area (TPSA) is 54.9 Å². The van der Waals surface area contributed by atoms with Crippen LogP contribution in [-0.4, -0.2) is 22.1 Å². The van der Waals surface area contributed by atoms with E-state index in [2.05, 4.69) is 21.6 Å². The van der Waals surface area contributed by atoms with Gasteiger partial charge in [-0.2, -0.15) is 5.10 Å². The predicted octanol–water partition coefficient (Wildman–Crippen LogP) is 5.30. The minimum Gasteiger partial charge on any atom is -0.349 e. The van der Waals surface area contributed by atoms with E-state index >= 15 is 0 Å². The highest BCUT2D eigenvalue weighted by atomic mass is 19.1. The molecule has 1 amide bonds. The summed E-state index contributed by atoms with van der Waals surface area (Å²) in [5.74, 6) is -0.306. The minimum atomic E-state index is -0.282. The lowest BCUT2D eigenvalue weighted by molar-refractivity contribution is 0.0951. The van der Waals surface area contributed by atoms with Crippen LogP contribution in [0.5, 0.6) is 0 Å². The summed E-state index contributed by atoms with van der Waals surface area (Å²) in [6, 6.07) is 18.5. The number of carbonyl (C=O) groups excluding carboxylic acids is 1. The summed E-state index contributed by atoms with van der Waals surface area (Å²) < 4.78 is 13.3. The number of carbonyl (C=O) groups is 1. The molecule has 1 aliphatic carbocycles. The normalized spacial score (nSPS) is 13.4. The van der Waals surface area contributed by atoms with Crippen LogP contribution in [0.2, 0.25) is 0 Å². The first-order valence-electron chi connectivity index (χ1n) is 10.0. The highest BCUT2D eigenvalue weighted by Gasteiger charge is 2.24. The van der Waals surface area contributed by atoms with Crippen molar-refractivity contribution in [3.8, 4) is 22.4 Å². The van der Waals surface area contributed by atoms with Crippen molar-refractivity contribution in [2.75, 3.05) is 0 Å². The van der Waals surface area contributed by atoms with E-state index in [1.54, 1.807) is 18.3 Å². The van der Waals surface area contributed by atoms with Crippen LogP contribution in [-0.2, 0) is 0 Å². The zero-order chi connectivity index (χ0) is 20.7. The molecule has 0 radical (unpaired) electrons. The molecule has 1 fully saturated rings. The molecule has 0 aliphatic heterocycles. The van der Waals surface area contributed by atoms with E-state index in [0.717, 1.165) is 45.9 Å². The molecule has 1 aromatic heterocycles. The first-order chi connectivity index (χ1) is 14.6. The fraction of sp³-hybridized carbons (Fsp3) is 0.160. The minimum absolute atomic E-state index is 0.0241. The van der Waals surface area contributed by atoms with E-state index in [0.29, 0.717) is 17.3 Å². The van der Waals surface area contributed by atoms with Gasteiger partial charge in [0, 0.05) is 27.9 Å². The van der Waals surface area contributed by atoms with Gasteiger partial charge in [-0.1, -0.05) is 18.2 Å². The molecule has 30 heavy (non-hydrogen) atoms. The summed E-state index contributed by atoms with van der Waals surface area (Å²) >= 11 is 0. The average Bonchev–Trinajstić information content (AvgIpc) is 3.58. The molecule has 0 atom stereocenters. The number of rotatable bonds is 4. The van der Waals surface area contributed by atoms with Gasteiger partial charge < -0.3 is 5.32 Å². The van der Waals surface area contributed by atoms with Crippen LogP contribution in [0.15, 0.2) is 66.9 Å². The van der Waals surface area contributed by atoms with Gasteiger partial charge in [-0.15, -0.1) is 5.10 Å². The number of nitrogens with zero attached hydrogens (tertiary/aromatic N) is 2. The van der Waals surface area contributed by atoms with Crippen molar-refractivity contribution in [1.82, 2.24) is 15.5 Å². The molecule has 0 unspecified atom stereocenters. The Bertz CT molecular complexity index is 1260. The largest absolute Gasteiger partial charge is 0.349 e. The molecular weight excluding hydrogens is 377 g/mol. The SMILES string of the molecule is Cc1ccc(C(=O)NC2CC2)cc1-c1ccc2c(-c3ccc(F)cc3)nncc2c1. The smallest absolute Gasteiger partial charge is 0.251 e.